The third-order valence-electron chi connectivity index (χ3n) is 1.99. The Hall–Kier alpha value is -0.220. The maximum atomic E-state index is 10.8. The van der Waals surface area contributed by atoms with Gasteiger partial charge in [-0.25, -0.2) is 0 Å². The molecule has 0 aromatic heterocycles. The molecule has 1 rings (SSSR count). The summed E-state index contributed by atoms with van der Waals surface area (Å²) in [5.74, 6) is 0. The van der Waals surface area contributed by atoms with Gasteiger partial charge in [0.05, 0.1) is 0 Å². The van der Waals surface area contributed by atoms with Crippen LogP contribution in [0, 0.1) is 0 Å². The van der Waals surface area contributed by atoms with Crippen LogP contribution in [0.2, 0.25) is 0 Å². The molecule has 0 atom stereocenters. The molecule has 14 heavy (non-hydrogen) atoms. The third kappa shape index (κ3) is 1.77. The minimum absolute atomic E-state index is 0.139. The molecule has 0 aliphatic carbocycles. The Kier molecular flexibility index (Phi) is 2.89. The molecule has 0 amide bonds. The summed E-state index contributed by atoms with van der Waals surface area (Å²) in [5.41, 5.74) is 0. The highest BCUT2D eigenvalue weighted by atomic mass is 32.3. The summed E-state index contributed by atoms with van der Waals surface area (Å²) in [6, 6.07) is 0. The lowest BCUT2D eigenvalue weighted by atomic mass is 10.2. The summed E-state index contributed by atoms with van der Waals surface area (Å²) in [5, 5.41) is 0. The molecule has 9 heteroatoms. The van der Waals surface area contributed by atoms with Gasteiger partial charge in [0.1, 0.15) is 0 Å². The fourth-order valence-electron chi connectivity index (χ4n) is 1.28. The number of hydrogen-bond acceptors (Lipinski definition) is 5. The zero-order valence-electron chi connectivity index (χ0n) is 7.08. The summed E-state index contributed by atoms with van der Waals surface area (Å²) < 4.78 is 62.5. The number of hydrogen-bond donors (Lipinski definition) is 2. The van der Waals surface area contributed by atoms with E-state index in [1.54, 1.807) is 0 Å². The van der Waals surface area contributed by atoms with Gasteiger partial charge in [-0.05, 0) is 12.8 Å². The van der Waals surface area contributed by atoms with E-state index < -0.39 is 30.9 Å². The van der Waals surface area contributed by atoms with E-state index in [9.17, 15) is 16.8 Å². The molecular weight excluding hydrogens is 236 g/mol. The van der Waals surface area contributed by atoms with Crippen molar-refractivity contribution in [1.29, 1.82) is 0 Å². The van der Waals surface area contributed by atoms with Crippen molar-refractivity contribution >= 4 is 20.2 Å². The van der Waals surface area contributed by atoms with Crippen LogP contribution < -0.4 is 0 Å². The largest absolute Gasteiger partial charge is 0.343 e. The van der Waals surface area contributed by atoms with Crippen LogP contribution >= 0.6 is 0 Å². The van der Waals surface area contributed by atoms with Crippen molar-refractivity contribution in [3.63, 3.8) is 0 Å². The minimum atomic E-state index is -5.01. The molecule has 1 heterocycles. The summed E-state index contributed by atoms with van der Waals surface area (Å²) in [4.78, 5) is 0. The van der Waals surface area contributed by atoms with E-state index in [1.165, 1.54) is 0 Å². The first-order valence-electron chi connectivity index (χ1n) is 3.79. The second kappa shape index (κ2) is 3.42. The first-order chi connectivity index (χ1) is 6.21. The molecule has 0 unspecified atom stereocenters. The van der Waals surface area contributed by atoms with Gasteiger partial charge >= 0.3 is 24.5 Å². The lowest BCUT2D eigenvalue weighted by Gasteiger charge is -2.30. The second-order valence-electron chi connectivity index (χ2n) is 2.94. The maximum absolute atomic E-state index is 10.8. The molecule has 7 nitrogen and oxygen atoms in total. The normalized spacial score (nSPS) is 23.3. The van der Waals surface area contributed by atoms with E-state index in [0.717, 1.165) is 0 Å². The van der Waals surface area contributed by atoms with Gasteiger partial charge in [-0.15, -0.1) is 0 Å². The zero-order chi connectivity index (χ0) is 11.0. The molecule has 1 aliphatic heterocycles. The SMILES string of the molecule is O=S(=O)(O)C1(S(=O)(=O)O)CCCCO1. The average Bonchev–Trinajstić information content (AvgIpc) is 2.02. The first kappa shape index (κ1) is 11.9. The van der Waals surface area contributed by atoms with Gasteiger partial charge in [0.15, 0.2) is 0 Å². The second-order valence-corrected chi connectivity index (χ2v) is 6.42. The minimum Gasteiger partial charge on any atom is -0.343 e. The van der Waals surface area contributed by atoms with Crippen LogP contribution in [0.5, 0.6) is 0 Å². The molecule has 2 N–H and O–H groups in total. The van der Waals surface area contributed by atoms with Crippen LogP contribution in [0.1, 0.15) is 19.3 Å². The Morgan fingerprint density at radius 1 is 1.00 bits per heavy atom. The quantitative estimate of drug-likeness (QED) is 0.637. The smallest absolute Gasteiger partial charge is 0.321 e. The summed E-state index contributed by atoms with van der Waals surface area (Å²) in [7, 11) is -10.0. The maximum Gasteiger partial charge on any atom is 0.321 e. The van der Waals surface area contributed by atoms with Gasteiger partial charge in [0, 0.05) is 13.0 Å². The Balaban J connectivity index is 3.30. The highest BCUT2D eigenvalue weighted by Gasteiger charge is 2.56. The van der Waals surface area contributed by atoms with Crippen LogP contribution in [0.4, 0.5) is 0 Å². The van der Waals surface area contributed by atoms with E-state index in [1.807, 2.05) is 0 Å². The lowest BCUT2D eigenvalue weighted by molar-refractivity contribution is 0.0254. The molecular formula is C5H10O7S2. The van der Waals surface area contributed by atoms with Crippen LogP contribution in [0.15, 0.2) is 0 Å². The highest BCUT2D eigenvalue weighted by molar-refractivity contribution is 8.05. The lowest BCUT2D eigenvalue weighted by Crippen LogP contribution is -2.50. The van der Waals surface area contributed by atoms with Gasteiger partial charge in [0.2, 0.25) is 0 Å². The van der Waals surface area contributed by atoms with Crippen LogP contribution in [0.25, 0.3) is 0 Å². The standard InChI is InChI=1S/C5H10O7S2/c6-13(7,8)5(14(9,10)11)3-1-2-4-12-5/h1-4H2,(H,6,7,8)(H,9,10,11). The first-order valence-corrected chi connectivity index (χ1v) is 6.67. The predicted octanol–water partition coefficient (Wildman–Crippen LogP) is -0.384. The van der Waals surface area contributed by atoms with Gasteiger partial charge < -0.3 is 4.74 Å². The number of rotatable bonds is 2. The van der Waals surface area contributed by atoms with Crippen LogP contribution in [-0.4, -0.2) is 36.8 Å². The summed E-state index contributed by atoms with van der Waals surface area (Å²) in [6.45, 7) is -0.139. The van der Waals surface area contributed by atoms with Crippen molar-refractivity contribution in [2.24, 2.45) is 0 Å². The monoisotopic (exact) mass is 246 g/mol. The van der Waals surface area contributed by atoms with Crippen molar-refractivity contribution in [3.05, 3.63) is 0 Å². The van der Waals surface area contributed by atoms with Crippen molar-refractivity contribution in [3.8, 4) is 0 Å². The number of ether oxygens (including phenoxy) is 1. The molecule has 1 aliphatic rings. The van der Waals surface area contributed by atoms with Crippen molar-refractivity contribution in [1.82, 2.24) is 0 Å². The van der Waals surface area contributed by atoms with Crippen LogP contribution in [-0.2, 0) is 25.0 Å². The molecule has 0 aromatic carbocycles. The van der Waals surface area contributed by atoms with E-state index in [4.69, 9.17) is 9.11 Å². The molecule has 0 radical (unpaired) electrons. The molecule has 0 saturated carbocycles. The molecule has 0 aromatic rings. The Labute approximate surface area is 81.6 Å². The fraction of sp³-hybridized carbons (Fsp3) is 1.00. The van der Waals surface area contributed by atoms with E-state index >= 15 is 0 Å². The van der Waals surface area contributed by atoms with Gasteiger partial charge in [0.25, 0.3) is 0 Å². The molecule has 0 bridgehead atoms. The van der Waals surface area contributed by atoms with E-state index in [2.05, 4.69) is 4.74 Å². The van der Waals surface area contributed by atoms with Gasteiger partial charge in [-0.2, -0.15) is 16.8 Å². The Bertz CT molecular complexity index is 365. The summed E-state index contributed by atoms with van der Waals surface area (Å²) >= 11 is 0. The molecule has 84 valence electrons. The zero-order valence-corrected chi connectivity index (χ0v) is 8.71. The van der Waals surface area contributed by atoms with Crippen LogP contribution in [0.3, 0.4) is 0 Å². The van der Waals surface area contributed by atoms with E-state index in [0.29, 0.717) is 6.42 Å². The molecule has 1 saturated heterocycles. The van der Waals surface area contributed by atoms with Crippen molar-refractivity contribution in [2.45, 2.75) is 23.5 Å². The van der Waals surface area contributed by atoms with Gasteiger partial charge in [-0.1, -0.05) is 0 Å². The Morgan fingerprint density at radius 3 is 1.71 bits per heavy atom. The highest BCUT2D eigenvalue weighted by Crippen LogP contribution is 2.34. The average molecular weight is 246 g/mol. The van der Waals surface area contributed by atoms with Gasteiger partial charge in [-0.3, -0.25) is 9.11 Å². The van der Waals surface area contributed by atoms with Crippen molar-refractivity contribution in [2.75, 3.05) is 6.61 Å². The van der Waals surface area contributed by atoms with Crippen molar-refractivity contribution < 1.29 is 30.7 Å². The summed E-state index contributed by atoms with van der Waals surface area (Å²) in [6.07, 6.45) is 0.247. The molecule has 1 fully saturated rings. The topological polar surface area (TPSA) is 118 Å². The predicted molar refractivity (Wildman–Crippen MR) is 45.6 cm³/mol. The Morgan fingerprint density at radius 2 is 1.50 bits per heavy atom. The third-order valence-corrected chi connectivity index (χ3v) is 5.47. The van der Waals surface area contributed by atoms with E-state index in [-0.39, 0.29) is 13.0 Å². The molecule has 0 spiro atoms. The fourth-order valence-corrected chi connectivity index (χ4v) is 3.62.